The first-order valence-electron chi connectivity index (χ1n) is 5.87. The molecule has 2 rings (SSSR count). The topological polar surface area (TPSA) is 82.8 Å². The highest BCUT2D eigenvalue weighted by Gasteiger charge is 2.32. The zero-order valence-corrected chi connectivity index (χ0v) is 10.9. The van der Waals surface area contributed by atoms with Crippen molar-refractivity contribution in [2.45, 2.75) is 32.5 Å². The van der Waals surface area contributed by atoms with Gasteiger partial charge in [-0.2, -0.15) is 5.53 Å². The van der Waals surface area contributed by atoms with Gasteiger partial charge in [0.25, 0.3) is 0 Å². The van der Waals surface area contributed by atoms with E-state index in [9.17, 15) is 5.11 Å². The molecule has 0 aromatic heterocycles. The molecule has 6 heteroatoms. The highest BCUT2D eigenvalue weighted by atomic mass is 16.5. The Morgan fingerprint density at radius 1 is 1.50 bits per heavy atom. The number of aliphatic hydroxyl groups excluding tert-OH is 1. The smallest absolute Gasteiger partial charge is 0.129 e. The lowest BCUT2D eigenvalue weighted by molar-refractivity contribution is 0.134. The van der Waals surface area contributed by atoms with E-state index in [1.807, 2.05) is 26.0 Å². The van der Waals surface area contributed by atoms with Crippen molar-refractivity contribution in [1.82, 2.24) is 10.7 Å². The van der Waals surface area contributed by atoms with Gasteiger partial charge in [-0.3, -0.25) is 5.84 Å². The zero-order chi connectivity index (χ0) is 13.3. The van der Waals surface area contributed by atoms with E-state index in [4.69, 9.17) is 10.6 Å². The second-order valence-corrected chi connectivity index (χ2v) is 5.12. The summed E-state index contributed by atoms with van der Waals surface area (Å²) >= 11 is 0. The average Bonchev–Trinajstić information content (AvgIpc) is 2.61. The first kappa shape index (κ1) is 13.1. The summed E-state index contributed by atoms with van der Waals surface area (Å²) in [6.45, 7) is 4.03. The van der Waals surface area contributed by atoms with Crippen LogP contribution in [0.5, 0.6) is 5.75 Å². The molecule has 1 aromatic rings. The Hall–Kier alpha value is -1.34. The zero-order valence-electron chi connectivity index (χ0n) is 10.9. The summed E-state index contributed by atoms with van der Waals surface area (Å²) in [6, 6.07) is 3.87. The Balaban J connectivity index is 2.32. The van der Waals surface area contributed by atoms with Crippen LogP contribution in [0.4, 0.5) is 5.69 Å². The van der Waals surface area contributed by atoms with Crippen LogP contribution in [-0.4, -0.2) is 22.9 Å². The van der Waals surface area contributed by atoms with Crippen LogP contribution in [0.15, 0.2) is 12.1 Å². The van der Waals surface area contributed by atoms with Crippen LogP contribution in [0.25, 0.3) is 0 Å². The third kappa shape index (κ3) is 2.56. The number of aliphatic hydroxyl groups is 1. The standard InChI is InChI=1S/C12H20N4O2/c1-12(2)6-8-4-10(14-16(3)15-13)5-9(7-17)11(8)18-12/h4-5,14-15,17H,6-7,13H2,1-3H3. The van der Waals surface area contributed by atoms with Gasteiger partial charge >= 0.3 is 0 Å². The fourth-order valence-electron chi connectivity index (χ4n) is 2.20. The summed E-state index contributed by atoms with van der Waals surface area (Å²) in [5, 5.41) is 11.0. The number of nitrogens with zero attached hydrogens (tertiary/aromatic N) is 1. The van der Waals surface area contributed by atoms with Gasteiger partial charge in [0.05, 0.1) is 12.3 Å². The molecule has 18 heavy (non-hydrogen) atoms. The molecule has 1 aliphatic rings. The molecule has 0 radical (unpaired) electrons. The molecule has 0 saturated heterocycles. The maximum absolute atomic E-state index is 9.43. The highest BCUT2D eigenvalue weighted by molar-refractivity contribution is 5.57. The van der Waals surface area contributed by atoms with Crippen LogP contribution < -0.4 is 21.5 Å². The van der Waals surface area contributed by atoms with E-state index in [-0.39, 0.29) is 12.2 Å². The number of rotatable bonds is 4. The van der Waals surface area contributed by atoms with Crippen molar-refractivity contribution in [3.63, 3.8) is 0 Å². The second-order valence-electron chi connectivity index (χ2n) is 5.12. The molecule has 6 nitrogen and oxygen atoms in total. The summed E-state index contributed by atoms with van der Waals surface area (Å²) in [5.41, 5.74) is 8.04. The van der Waals surface area contributed by atoms with E-state index in [1.54, 1.807) is 7.05 Å². The molecule has 0 unspecified atom stereocenters. The van der Waals surface area contributed by atoms with E-state index < -0.39 is 0 Å². The van der Waals surface area contributed by atoms with Crippen LogP contribution in [0, 0.1) is 0 Å². The SMILES string of the molecule is CN(NN)Nc1cc(CO)c2c(c1)CC(C)(C)O2. The highest BCUT2D eigenvalue weighted by Crippen LogP contribution is 2.39. The van der Waals surface area contributed by atoms with Gasteiger partial charge in [-0.1, -0.05) is 0 Å². The number of ether oxygens (including phenoxy) is 1. The number of anilines is 1. The molecule has 5 N–H and O–H groups in total. The minimum atomic E-state index is -0.219. The van der Waals surface area contributed by atoms with Crippen LogP contribution in [-0.2, 0) is 13.0 Å². The van der Waals surface area contributed by atoms with Crippen LogP contribution in [0.2, 0.25) is 0 Å². The van der Waals surface area contributed by atoms with Gasteiger partial charge in [0.15, 0.2) is 0 Å². The molecular formula is C12H20N4O2. The van der Waals surface area contributed by atoms with Crippen molar-refractivity contribution in [3.8, 4) is 5.75 Å². The first-order chi connectivity index (χ1) is 8.45. The molecule has 1 aliphatic heterocycles. The molecule has 0 aliphatic carbocycles. The monoisotopic (exact) mass is 252 g/mol. The van der Waals surface area contributed by atoms with Crippen LogP contribution in [0.3, 0.4) is 0 Å². The maximum atomic E-state index is 9.43. The second kappa shape index (κ2) is 4.74. The van der Waals surface area contributed by atoms with E-state index in [1.165, 1.54) is 5.12 Å². The van der Waals surface area contributed by atoms with Crippen molar-refractivity contribution in [2.75, 3.05) is 12.5 Å². The Bertz CT molecular complexity index is 448. The van der Waals surface area contributed by atoms with E-state index >= 15 is 0 Å². The summed E-state index contributed by atoms with van der Waals surface area (Å²) in [7, 11) is 1.76. The van der Waals surface area contributed by atoms with Crippen molar-refractivity contribution in [3.05, 3.63) is 23.3 Å². The van der Waals surface area contributed by atoms with Gasteiger partial charge in [-0.25, -0.2) is 0 Å². The number of hydrogen-bond acceptors (Lipinski definition) is 6. The number of nitrogens with one attached hydrogen (secondary N) is 2. The minimum Gasteiger partial charge on any atom is -0.487 e. The Kier molecular flexibility index (Phi) is 3.45. The predicted molar refractivity (Wildman–Crippen MR) is 69.5 cm³/mol. The van der Waals surface area contributed by atoms with Crippen molar-refractivity contribution in [1.29, 1.82) is 0 Å². The quantitative estimate of drug-likeness (QED) is 0.462. The molecule has 100 valence electrons. The van der Waals surface area contributed by atoms with Gasteiger partial charge in [0.2, 0.25) is 0 Å². The van der Waals surface area contributed by atoms with Gasteiger partial charge in [0, 0.05) is 24.6 Å². The third-order valence-corrected chi connectivity index (χ3v) is 2.90. The average molecular weight is 252 g/mol. The fourth-order valence-corrected chi connectivity index (χ4v) is 2.20. The van der Waals surface area contributed by atoms with Gasteiger partial charge in [0.1, 0.15) is 11.4 Å². The molecule has 0 bridgehead atoms. The molecule has 0 fully saturated rings. The molecule has 1 heterocycles. The number of fused-ring (bicyclic) bond motifs is 1. The summed E-state index contributed by atoms with van der Waals surface area (Å²) in [4.78, 5) is 0. The fraction of sp³-hybridized carbons (Fsp3) is 0.500. The Morgan fingerprint density at radius 2 is 2.22 bits per heavy atom. The molecular weight excluding hydrogens is 232 g/mol. The van der Waals surface area contributed by atoms with Gasteiger partial charge in [-0.15, -0.1) is 5.12 Å². The van der Waals surface area contributed by atoms with E-state index in [2.05, 4.69) is 11.0 Å². The molecule has 0 spiro atoms. The predicted octanol–water partition coefficient (Wildman–Crippen LogP) is 0.529. The maximum Gasteiger partial charge on any atom is 0.129 e. The summed E-state index contributed by atoms with van der Waals surface area (Å²) in [5.74, 6) is 6.09. The number of hydrazine groups is 3. The first-order valence-corrected chi connectivity index (χ1v) is 5.87. The lowest BCUT2D eigenvalue weighted by Gasteiger charge is -2.19. The third-order valence-electron chi connectivity index (χ3n) is 2.90. The van der Waals surface area contributed by atoms with E-state index in [0.29, 0.717) is 0 Å². The molecule has 1 aromatic carbocycles. The van der Waals surface area contributed by atoms with Gasteiger partial charge < -0.3 is 15.3 Å². The number of nitrogens with two attached hydrogens (primary N) is 1. The lowest BCUT2D eigenvalue weighted by atomic mass is 10.00. The van der Waals surface area contributed by atoms with Crippen LogP contribution >= 0.6 is 0 Å². The van der Waals surface area contributed by atoms with Gasteiger partial charge in [-0.05, 0) is 26.0 Å². The summed E-state index contributed by atoms with van der Waals surface area (Å²) in [6.07, 6.45) is 0.824. The van der Waals surface area contributed by atoms with Crippen molar-refractivity contribution < 1.29 is 9.84 Å². The lowest BCUT2D eigenvalue weighted by Crippen LogP contribution is -2.43. The number of benzene rings is 1. The molecule has 0 atom stereocenters. The number of hydrogen-bond donors (Lipinski definition) is 4. The largest absolute Gasteiger partial charge is 0.487 e. The van der Waals surface area contributed by atoms with Crippen molar-refractivity contribution >= 4 is 5.69 Å². The Morgan fingerprint density at radius 3 is 2.83 bits per heavy atom. The minimum absolute atomic E-state index is 0.0479. The Labute approximate surface area is 107 Å². The molecule has 0 saturated carbocycles. The van der Waals surface area contributed by atoms with Crippen LogP contribution in [0.1, 0.15) is 25.0 Å². The summed E-state index contributed by atoms with van der Waals surface area (Å²) < 4.78 is 5.86. The van der Waals surface area contributed by atoms with E-state index in [0.717, 1.165) is 29.0 Å². The van der Waals surface area contributed by atoms with Crippen molar-refractivity contribution in [2.24, 2.45) is 5.84 Å². The normalized spacial score (nSPS) is 16.6. The molecule has 0 amide bonds.